The third kappa shape index (κ3) is 5.49. The molecule has 4 nitrogen and oxygen atoms in total. The summed E-state index contributed by atoms with van der Waals surface area (Å²) in [7, 11) is 0. The van der Waals surface area contributed by atoms with Crippen molar-refractivity contribution in [3.63, 3.8) is 0 Å². The number of hydrogen-bond donors (Lipinski definition) is 1. The molecule has 0 aliphatic carbocycles. The maximum Gasteiger partial charge on any atom is 0.248 e. The second kappa shape index (κ2) is 9.77. The maximum atomic E-state index is 11.4. The fourth-order valence-corrected chi connectivity index (χ4v) is 3.81. The van der Waals surface area contributed by atoms with Gasteiger partial charge in [0, 0.05) is 50.0 Å². The largest absolute Gasteiger partial charge is 0.369 e. The van der Waals surface area contributed by atoms with Gasteiger partial charge in [-0.1, -0.05) is 30.4 Å². The van der Waals surface area contributed by atoms with Crippen molar-refractivity contribution in [1.29, 1.82) is 0 Å². The molecule has 4 rings (SSSR count). The molecule has 2 aromatic carbocycles. The topological polar surface area (TPSA) is 39.3 Å². The average Bonchev–Trinajstić information content (AvgIpc) is 2.72. The van der Waals surface area contributed by atoms with Gasteiger partial charge >= 0.3 is 0 Å². The van der Waals surface area contributed by atoms with Gasteiger partial charge in [-0.05, 0) is 60.2 Å². The number of aryl methyl sites for hydroxylation is 1. The van der Waals surface area contributed by atoms with Gasteiger partial charge in [0.05, 0.1) is 0 Å². The first-order valence-electron chi connectivity index (χ1n) is 10.0. The minimum absolute atomic E-state index is 0. The molecule has 1 aromatic heterocycles. The van der Waals surface area contributed by atoms with Crippen molar-refractivity contribution in [3.8, 4) is 0 Å². The molecule has 2 heterocycles. The van der Waals surface area contributed by atoms with Crippen LogP contribution in [-0.2, 0) is 0 Å². The fraction of sp³-hybridized carbons (Fsp3) is 0.292. The zero-order valence-corrected chi connectivity index (χ0v) is 17.6. The SMILES string of the molecule is Cc1cccc(N2CCN(CCC=Cc3ccc4[nH]c(=O)ccc4c3)CC2)c1.Cl. The number of nitrogens with one attached hydrogen (secondary N) is 1. The predicted molar refractivity (Wildman–Crippen MR) is 125 cm³/mol. The van der Waals surface area contributed by atoms with Crippen LogP contribution in [0.4, 0.5) is 5.69 Å². The number of H-pyrrole nitrogens is 1. The molecule has 0 unspecified atom stereocenters. The predicted octanol–water partition coefficient (Wildman–Crippen LogP) is 4.48. The van der Waals surface area contributed by atoms with E-state index in [1.165, 1.54) is 16.8 Å². The van der Waals surface area contributed by atoms with E-state index in [4.69, 9.17) is 0 Å². The minimum Gasteiger partial charge on any atom is -0.369 e. The lowest BCUT2D eigenvalue weighted by Crippen LogP contribution is -2.46. The van der Waals surface area contributed by atoms with Gasteiger partial charge in [0.15, 0.2) is 0 Å². The zero-order valence-electron chi connectivity index (χ0n) is 16.8. The molecule has 1 aliphatic heterocycles. The lowest BCUT2D eigenvalue weighted by atomic mass is 10.1. The number of rotatable bonds is 5. The maximum absolute atomic E-state index is 11.4. The Balaban J connectivity index is 0.00000240. The van der Waals surface area contributed by atoms with E-state index in [9.17, 15) is 4.79 Å². The number of halogens is 1. The van der Waals surface area contributed by atoms with Crippen molar-refractivity contribution in [2.24, 2.45) is 0 Å². The Hall–Kier alpha value is -2.56. The van der Waals surface area contributed by atoms with E-state index in [2.05, 4.69) is 70.3 Å². The number of pyridine rings is 1. The Labute approximate surface area is 178 Å². The lowest BCUT2D eigenvalue weighted by Gasteiger charge is -2.36. The normalized spacial score (nSPS) is 15.0. The number of benzene rings is 2. The molecule has 1 aliphatic rings. The third-order valence-electron chi connectivity index (χ3n) is 5.41. The second-order valence-corrected chi connectivity index (χ2v) is 7.53. The lowest BCUT2D eigenvalue weighted by molar-refractivity contribution is 0.263. The molecule has 0 bridgehead atoms. The van der Waals surface area contributed by atoms with E-state index in [0.717, 1.165) is 50.0 Å². The number of hydrogen-bond acceptors (Lipinski definition) is 3. The summed E-state index contributed by atoms with van der Waals surface area (Å²) in [6.07, 6.45) is 5.47. The molecule has 0 amide bonds. The number of aromatic amines is 1. The van der Waals surface area contributed by atoms with Crippen molar-refractivity contribution in [2.75, 3.05) is 37.6 Å². The molecule has 0 spiro atoms. The van der Waals surface area contributed by atoms with Crippen LogP contribution >= 0.6 is 12.4 Å². The highest BCUT2D eigenvalue weighted by atomic mass is 35.5. The third-order valence-corrected chi connectivity index (χ3v) is 5.41. The van der Waals surface area contributed by atoms with E-state index in [-0.39, 0.29) is 18.0 Å². The van der Waals surface area contributed by atoms with Crippen molar-refractivity contribution in [1.82, 2.24) is 9.88 Å². The highest BCUT2D eigenvalue weighted by molar-refractivity contribution is 5.85. The van der Waals surface area contributed by atoms with Crippen molar-refractivity contribution < 1.29 is 0 Å². The molecular weight excluding hydrogens is 382 g/mol. The highest BCUT2D eigenvalue weighted by Gasteiger charge is 2.16. The standard InChI is InChI=1S/C24H27N3O.ClH/c1-19-5-4-7-22(17-19)27-15-13-26(14-16-27)12-3-2-6-20-8-10-23-21(18-20)9-11-24(28)25-23;/h2,4-11,17-18H,3,12-16H2,1H3,(H,25,28);1H. The van der Waals surface area contributed by atoms with Gasteiger partial charge in [-0.25, -0.2) is 0 Å². The Morgan fingerprint density at radius 1 is 1.00 bits per heavy atom. The summed E-state index contributed by atoms with van der Waals surface area (Å²) in [6.45, 7) is 7.67. The second-order valence-electron chi connectivity index (χ2n) is 7.53. The van der Waals surface area contributed by atoms with Gasteiger partial charge in [-0.3, -0.25) is 9.69 Å². The molecule has 29 heavy (non-hydrogen) atoms. The van der Waals surface area contributed by atoms with E-state index >= 15 is 0 Å². The van der Waals surface area contributed by atoms with Crippen molar-refractivity contribution in [2.45, 2.75) is 13.3 Å². The van der Waals surface area contributed by atoms with E-state index in [0.29, 0.717) is 0 Å². The molecule has 3 aromatic rings. The molecule has 0 atom stereocenters. The van der Waals surface area contributed by atoms with Crippen LogP contribution in [0.2, 0.25) is 0 Å². The van der Waals surface area contributed by atoms with Gasteiger partial charge in [0.2, 0.25) is 5.56 Å². The molecule has 1 fully saturated rings. The molecule has 0 radical (unpaired) electrons. The van der Waals surface area contributed by atoms with Gasteiger partial charge in [-0.2, -0.15) is 0 Å². The highest BCUT2D eigenvalue weighted by Crippen LogP contribution is 2.18. The van der Waals surface area contributed by atoms with Crippen LogP contribution in [0.25, 0.3) is 17.0 Å². The summed E-state index contributed by atoms with van der Waals surface area (Å²) in [5, 5.41) is 1.06. The van der Waals surface area contributed by atoms with Gasteiger partial charge < -0.3 is 9.88 Å². The zero-order chi connectivity index (χ0) is 19.3. The molecule has 1 N–H and O–H groups in total. The van der Waals surface area contributed by atoms with Crippen LogP contribution < -0.4 is 10.5 Å². The number of anilines is 1. The first-order valence-corrected chi connectivity index (χ1v) is 10.0. The van der Waals surface area contributed by atoms with Crippen molar-refractivity contribution in [3.05, 3.63) is 82.2 Å². The van der Waals surface area contributed by atoms with E-state index in [1.807, 2.05) is 12.1 Å². The Morgan fingerprint density at radius 3 is 2.62 bits per heavy atom. The number of aromatic nitrogens is 1. The van der Waals surface area contributed by atoms with Crippen LogP contribution in [0.3, 0.4) is 0 Å². The molecular formula is C24H28ClN3O. The first kappa shape index (κ1) is 21.2. The average molecular weight is 410 g/mol. The Morgan fingerprint density at radius 2 is 1.83 bits per heavy atom. The Kier molecular flexibility index (Phi) is 7.13. The van der Waals surface area contributed by atoms with Crippen LogP contribution in [0.1, 0.15) is 17.5 Å². The van der Waals surface area contributed by atoms with Crippen molar-refractivity contribution >= 4 is 35.1 Å². The summed E-state index contributed by atoms with van der Waals surface area (Å²) >= 11 is 0. The number of fused-ring (bicyclic) bond motifs is 1. The first-order chi connectivity index (χ1) is 13.7. The van der Waals surface area contributed by atoms with Gasteiger partial charge in [-0.15, -0.1) is 12.4 Å². The molecule has 152 valence electrons. The quantitative estimate of drug-likeness (QED) is 0.675. The van der Waals surface area contributed by atoms with E-state index in [1.54, 1.807) is 6.07 Å². The van der Waals surface area contributed by atoms with Crippen LogP contribution in [0, 0.1) is 6.92 Å². The van der Waals surface area contributed by atoms with Crippen LogP contribution in [-0.4, -0.2) is 42.6 Å². The summed E-state index contributed by atoms with van der Waals surface area (Å²) in [5.74, 6) is 0. The fourth-order valence-electron chi connectivity index (χ4n) is 3.81. The summed E-state index contributed by atoms with van der Waals surface area (Å²) in [6, 6.07) is 18.4. The monoisotopic (exact) mass is 409 g/mol. The van der Waals surface area contributed by atoms with Gasteiger partial charge in [0.25, 0.3) is 0 Å². The summed E-state index contributed by atoms with van der Waals surface area (Å²) in [5.41, 5.74) is 4.67. The smallest absolute Gasteiger partial charge is 0.248 e. The van der Waals surface area contributed by atoms with E-state index < -0.39 is 0 Å². The number of nitrogens with zero attached hydrogens (tertiary/aromatic N) is 2. The van der Waals surface area contributed by atoms with Crippen LogP contribution in [0.5, 0.6) is 0 Å². The van der Waals surface area contributed by atoms with Crippen LogP contribution in [0.15, 0.2) is 65.5 Å². The Bertz CT molecular complexity index is 1040. The molecule has 5 heteroatoms. The summed E-state index contributed by atoms with van der Waals surface area (Å²) in [4.78, 5) is 19.3. The molecule has 0 saturated carbocycles. The minimum atomic E-state index is -0.0571. The van der Waals surface area contributed by atoms with Gasteiger partial charge in [0.1, 0.15) is 0 Å². The molecule has 1 saturated heterocycles. The number of piperazine rings is 1. The summed E-state index contributed by atoms with van der Waals surface area (Å²) < 4.78 is 0.